The zero-order valence-electron chi connectivity index (χ0n) is 12.7. The summed E-state index contributed by atoms with van der Waals surface area (Å²) in [4.78, 5) is 25.9. The number of aliphatic hydroxyl groups is 1. The van der Waals surface area contributed by atoms with E-state index < -0.39 is 29.7 Å². The number of rotatable bonds is 2. The molecule has 0 saturated carbocycles. The summed E-state index contributed by atoms with van der Waals surface area (Å²) in [5.74, 6) is -1.54. The van der Waals surface area contributed by atoms with E-state index in [4.69, 9.17) is 0 Å². The number of amides is 1. The SMILES string of the molecule is O=C(O)[C@@H]1C[C@@]2(O)c3ccccc3N[C@H]2N1C(=O)c1ccccc1. The molecule has 24 heavy (non-hydrogen) atoms. The monoisotopic (exact) mass is 324 g/mol. The lowest BCUT2D eigenvalue weighted by Gasteiger charge is -2.29. The van der Waals surface area contributed by atoms with Gasteiger partial charge < -0.3 is 20.4 Å². The molecule has 0 aromatic heterocycles. The van der Waals surface area contributed by atoms with Gasteiger partial charge in [0.2, 0.25) is 0 Å². The van der Waals surface area contributed by atoms with Crippen molar-refractivity contribution in [2.75, 3.05) is 5.32 Å². The molecule has 6 heteroatoms. The number of nitrogens with one attached hydrogen (secondary N) is 1. The Hall–Kier alpha value is -2.86. The van der Waals surface area contributed by atoms with Gasteiger partial charge in [0, 0.05) is 23.2 Å². The van der Waals surface area contributed by atoms with Crippen LogP contribution in [0.25, 0.3) is 0 Å². The van der Waals surface area contributed by atoms with Gasteiger partial charge >= 0.3 is 5.97 Å². The quantitative estimate of drug-likeness (QED) is 0.781. The third kappa shape index (κ3) is 1.93. The standard InChI is InChI=1S/C18H16N2O4/c21-15(11-6-2-1-3-7-11)20-14(16(22)23)10-18(24)12-8-4-5-9-13(12)19-17(18)20/h1-9,14,17,19,24H,10H2,(H,22,23)/t14-,17-,18+/m0/s1. The van der Waals surface area contributed by atoms with E-state index in [2.05, 4.69) is 5.32 Å². The predicted octanol–water partition coefficient (Wildman–Crippen LogP) is 1.63. The van der Waals surface area contributed by atoms with Gasteiger partial charge in [-0.25, -0.2) is 4.79 Å². The maximum atomic E-state index is 12.9. The topological polar surface area (TPSA) is 89.9 Å². The van der Waals surface area contributed by atoms with Gasteiger partial charge in [-0.2, -0.15) is 0 Å². The number of carbonyl (C=O) groups excluding carboxylic acids is 1. The Labute approximate surface area is 138 Å². The molecule has 6 nitrogen and oxygen atoms in total. The van der Waals surface area contributed by atoms with Crippen molar-refractivity contribution in [1.29, 1.82) is 0 Å². The van der Waals surface area contributed by atoms with Gasteiger partial charge in [-0.15, -0.1) is 0 Å². The van der Waals surface area contributed by atoms with Crippen molar-refractivity contribution in [2.24, 2.45) is 0 Å². The molecule has 0 aliphatic carbocycles. The number of hydrogen-bond donors (Lipinski definition) is 3. The number of likely N-dealkylation sites (tertiary alicyclic amines) is 1. The molecule has 1 amide bonds. The molecule has 122 valence electrons. The van der Waals surface area contributed by atoms with Crippen LogP contribution in [0.1, 0.15) is 22.3 Å². The first-order valence-electron chi connectivity index (χ1n) is 7.71. The number of para-hydroxylation sites is 1. The minimum Gasteiger partial charge on any atom is -0.480 e. The van der Waals surface area contributed by atoms with Crippen molar-refractivity contribution in [2.45, 2.75) is 24.2 Å². The first-order chi connectivity index (χ1) is 11.5. The highest BCUT2D eigenvalue weighted by Gasteiger charge is 2.60. The summed E-state index contributed by atoms with van der Waals surface area (Å²) in [6.07, 6.45) is -0.848. The average molecular weight is 324 g/mol. The van der Waals surface area contributed by atoms with Crippen LogP contribution in [-0.4, -0.2) is 39.2 Å². The second kappa shape index (κ2) is 5.07. The van der Waals surface area contributed by atoms with E-state index in [1.165, 1.54) is 4.90 Å². The summed E-state index contributed by atoms with van der Waals surface area (Å²) in [6.45, 7) is 0. The fourth-order valence-electron chi connectivity index (χ4n) is 3.69. The van der Waals surface area contributed by atoms with Crippen molar-refractivity contribution in [3.63, 3.8) is 0 Å². The van der Waals surface area contributed by atoms with Crippen LogP contribution in [-0.2, 0) is 10.4 Å². The van der Waals surface area contributed by atoms with Crippen LogP contribution >= 0.6 is 0 Å². The molecule has 2 aromatic rings. The van der Waals surface area contributed by atoms with Gasteiger partial charge in [0.25, 0.3) is 5.91 Å². The maximum Gasteiger partial charge on any atom is 0.326 e. The minimum atomic E-state index is -1.41. The number of carboxylic acids is 1. The number of carbonyl (C=O) groups is 2. The molecule has 1 saturated heterocycles. The molecule has 3 atom stereocenters. The van der Waals surface area contributed by atoms with E-state index in [1.807, 2.05) is 12.1 Å². The molecule has 0 spiro atoms. The van der Waals surface area contributed by atoms with E-state index in [9.17, 15) is 19.8 Å². The third-order valence-corrected chi connectivity index (χ3v) is 4.80. The van der Waals surface area contributed by atoms with Crippen molar-refractivity contribution >= 4 is 17.6 Å². The van der Waals surface area contributed by atoms with Crippen molar-refractivity contribution in [3.8, 4) is 0 Å². The van der Waals surface area contributed by atoms with E-state index in [-0.39, 0.29) is 6.42 Å². The Bertz CT molecular complexity index is 823. The van der Waals surface area contributed by atoms with Crippen molar-refractivity contribution in [3.05, 3.63) is 65.7 Å². The highest BCUT2D eigenvalue weighted by molar-refractivity contribution is 5.98. The largest absolute Gasteiger partial charge is 0.480 e. The van der Waals surface area contributed by atoms with Gasteiger partial charge in [0.1, 0.15) is 17.8 Å². The van der Waals surface area contributed by atoms with Gasteiger partial charge in [0.15, 0.2) is 0 Å². The first kappa shape index (κ1) is 14.7. The molecule has 2 heterocycles. The van der Waals surface area contributed by atoms with E-state index >= 15 is 0 Å². The third-order valence-electron chi connectivity index (χ3n) is 4.80. The molecule has 4 rings (SSSR count). The Balaban J connectivity index is 1.79. The summed E-state index contributed by atoms with van der Waals surface area (Å²) in [6, 6.07) is 14.6. The summed E-state index contributed by atoms with van der Waals surface area (Å²) in [5.41, 5.74) is 0.333. The van der Waals surface area contributed by atoms with Gasteiger partial charge in [-0.1, -0.05) is 36.4 Å². The number of nitrogens with zero attached hydrogens (tertiary/aromatic N) is 1. The summed E-state index contributed by atoms with van der Waals surface area (Å²) < 4.78 is 0. The van der Waals surface area contributed by atoms with E-state index in [0.29, 0.717) is 11.1 Å². The Morgan fingerprint density at radius 1 is 1.08 bits per heavy atom. The Kier molecular flexibility index (Phi) is 3.11. The zero-order valence-corrected chi connectivity index (χ0v) is 12.7. The molecule has 1 fully saturated rings. The lowest BCUT2D eigenvalue weighted by atomic mass is 9.91. The summed E-state index contributed by atoms with van der Waals surface area (Å²) in [5, 5.41) is 23.8. The molecule has 3 N–H and O–H groups in total. The predicted molar refractivity (Wildman–Crippen MR) is 86.4 cm³/mol. The summed E-state index contributed by atoms with van der Waals surface area (Å²) in [7, 11) is 0. The van der Waals surface area contributed by atoms with Gasteiger partial charge in [-0.3, -0.25) is 4.79 Å². The highest BCUT2D eigenvalue weighted by atomic mass is 16.4. The van der Waals surface area contributed by atoms with Crippen LogP contribution in [0.5, 0.6) is 0 Å². The molecule has 0 unspecified atom stereocenters. The lowest BCUT2D eigenvalue weighted by Crippen LogP contribution is -2.50. The number of hydrogen-bond acceptors (Lipinski definition) is 4. The van der Waals surface area contributed by atoms with Crippen LogP contribution in [0.3, 0.4) is 0 Å². The van der Waals surface area contributed by atoms with Crippen molar-refractivity contribution < 1.29 is 19.8 Å². The van der Waals surface area contributed by atoms with Gasteiger partial charge in [-0.05, 0) is 18.2 Å². The van der Waals surface area contributed by atoms with Crippen LogP contribution in [0, 0.1) is 0 Å². The minimum absolute atomic E-state index is 0.0460. The second-order valence-electron chi connectivity index (χ2n) is 6.15. The van der Waals surface area contributed by atoms with Crippen LogP contribution in [0.2, 0.25) is 0 Å². The lowest BCUT2D eigenvalue weighted by molar-refractivity contribution is -0.141. The molecule has 2 aliphatic heterocycles. The van der Waals surface area contributed by atoms with E-state index in [1.54, 1.807) is 42.5 Å². The number of benzene rings is 2. The normalized spacial score (nSPS) is 27.3. The molecule has 0 bridgehead atoms. The average Bonchev–Trinajstić information content (AvgIpc) is 3.04. The van der Waals surface area contributed by atoms with Crippen LogP contribution in [0.4, 0.5) is 5.69 Å². The second-order valence-corrected chi connectivity index (χ2v) is 6.15. The van der Waals surface area contributed by atoms with Crippen molar-refractivity contribution in [1.82, 2.24) is 4.90 Å². The Morgan fingerprint density at radius 2 is 1.75 bits per heavy atom. The number of fused-ring (bicyclic) bond motifs is 3. The smallest absolute Gasteiger partial charge is 0.326 e. The maximum absolute atomic E-state index is 12.9. The number of aliphatic carboxylic acids is 1. The van der Waals surface area contributed by atoms with Crippen LogP contribution in [0.15, 0.2) is 54.6 Å². The van der Waals surface area contributed by atoms with E-state index in [0.717, 1.165) is 5.69 Å². The number of anilines is 1. The molecule has 2 aromatic carbocycles. The van der Waals surface area contributed by atoms with Gasteiger partial charge in [0.05, 0.1) is 0 Å². The number of carboxylic acid groups (broad SMARTS) is 1. The summed E-state index contributed by atoms with van der Waals surface area (Å²) >= 11 is 0. The Morgan fingerprint density at radius 3 is 2.46 bits per heavy atom. The van der Waals surface area contributed by atoms with Crippen LogP contribution < -0.4 is 5.32 Å². The molecular formula is C18H16N2O4. The zero-order chi connectivity index (χ0) is 16.9. The molecule has 0 radical (unpaired) electrons. The first-order valence-corrected chi connectivity index (χ1v) is 7.71. The molecule has 2 aliphatic rings. The highest BCUT2D eigenvalue weighted by Crippen LogP contribution is 2.49. The molecular weight excluding hydrogens is 308 g/mol. The fourth-order valence-corrected chi connectivity index (χ4v) is 3.69. The fraction of sp³-hybridized carbons (Fsp3) is 0.222.